The molecule has 1 unspecified atom stereocenters. The van der Waals surface area contributed by atoms with Crippen molar-refractivity contribution in [1.29, 1.82) is 0 Å². The number of guanidine groups is 1. The van der Waals surface area contributed by atoms with Crippen molar-refractivity contribution < 1.29 is 9.47 Å². The van der Waals surface area contributed by atoms with Crippen LogP contribution >= 0.6 is 24.0 Å². The minimum Gasteiger partial charge on any atom is -0.493 e. The van der Waals surface area contributed by atoms with Gasteiger partial charge in [-0.1, -0.05) is 19.1 Å². The number of aryl methyl sites for hydroxylation is 1. The molecule has 29 heavy (non-hydrogen) atoms. The zero-order chi connectivity index (χ0) is 19.8. The summed E-state index contributed by atoms with van der Waals surface area (Å²) >= 11 is 0. The van der Waals surface area contributed by atoms with Gasteiger partial charge >= 0.3 is 0 Å². The van der Waals surface area contributed by atoms with Gasteiger partial charge in [0.1, 0.15) is 5.75 Å². The van der Waals surface area contributed by atoms with E-state index in [1.54, 1.807) is 0 Å². The lowest BCUT2D eigenvalue weighted by atomic mass is 10.1. The van der Waals surface area contributed by atoms with E-state index in [4.69, 9.17) is 9.47 Å². The van der Waals surface area contributed by atoms with Crippen LogP contribution in [-0.4, -0.2) is 63.4 Å². The monoisotopic (exact) mass is 516 g/mol. The highest BCUT2D eigenvalue weighted by Crippen LogP contribution is 2.26. The van der Waals surface area contributed by atoms with Crippen molar-refractivity contribution in [2.75, 3.05) is 46.5 Å². The van der Waals surface area contributed by atoms with Crippen LogP contribution in [0, 0.1) is 12.8 Å². The molecule has 1 saturated heterocycles. The largest absolute Gasteiger partial charge is 0.493 e. The fourth-order valence-electron chi connectivity index (χ4n) is 3.62. The maximum atomic E-state index is 6.14. The molecular weight excluding hydrogens is 479 g/mol. The molecule has 2 aliphatic rings. The van der Waals surface area contributed by atoms with Gasteiger partial charge in [0.15, 0.2) is 5.96 Å². The van der Waals surface area contributed by atoms with E-state index in [-0.39, 0.29) is 24.0 Å². The second-order valence-electron chi connectivity index (χ2n) is 7.86. The van der Waals surface area contributed by atoms with E-state index in [0.29, 0.717) is 12.5 Å². The number of likely N-dealkylation sites (N-methyl/N-ethyl adjacent to an activating group) is 1. The van der Waals surface area contributed by atoms with E-state index < -0.39 is 0 Å². The van der Waals surface area contributed by atoms with Gasteiger partial charge in [-0.3, -0.25) is 9.89 Å². The molecule has 7 heteroatoms. The molecule has 164 valence electrons. The quantitative estimate of drug-likeness (QED) is 0.284. The number of nitrogens with one attached hydrogen (secondary N) is 2. The fourth-order valence-corrected chi connectivity index (χ4v) is 3.62. The van der Waals surface area contributed by atoms with Crippen LogP contribution < -0.4 is 15.4 Å². The third-order valence-electron chi connectivity index (χ3n) is 5.55. The molecule has 1 atom stereocenters. The van der Waals surface area contributed by atoms with Crippen LogP contribution in [0.3, 0.4) is 0 Å². The van der Waals surface area contributed by atoms with E-state index in [0.717, 1.165) is 69.2 Å². The van der Waals surface area contributed by atoms with Gasteiger partial charge in [0.05, 0.1) is 13.2 Å². The van der Waals surface area contributed by atoms with Crippen LogP contribution in [0.15, 0.2) is 23.2 Å². The summed E-state index contributed by atoms with van der Waals surface area (Å²) in [7, 11) is 1.82. The van der Waals surface area contributed by atoms with E-state index in [9.17, 15) is 0 Å². The predicted molar refractivity (Wildman–Crippen MR) is 129 cm³/mol. The van der Waals surface area contributed by atoms with E-state index >= 15 is 0 Å². The van der Waals surface area contributed by atoms with Gasteiger partial charge in [0, 0.05) is 50.8 Å². The van der Waals surface area contributed by atoms with Gasteiger partial charge in [-0.05, 0) is 44.4 Å². The number of ether oxygens (including phenoxy) is 2. The summed E-state index contributed by atoms with van der Waals surface area (Å²) in [4.78, 5) is 6.90. The summed E-state index contributed by atoms with van der Waals surface area (Å²) < 4.78 is 11.6. The van der Waals surface area contributed by atoms with Gasteiger partial charge < -0.3 is 20.1 Å². The molecule has 2 N–H and O–H groups in total. The van der Waals surface area contributed by atoms with Crippen molar-refractivity contribution in [2.24, 2.45) is 10.9 Å². The number of aliphatic imine (C=N–C) groups is 1. The molecular formula is C22H37IN4O2. The van der Waals surface area contributed by atoms with Gasteiger partial charge in [-0.2, -0.15) is 0 Å². The van der Waals surface area contributed by atoms with Gasteiger partial charge in [-0.25, -0.2) is 0 Å². The predicted octanol–water partition coefficient (Wildman–Crippen LogP) is 3.18. The van der Waals surface area contributed by atoms with Gasteiger partial charge in [0.25, 0.3) is 0 Å². The first-order valence-electron chi connectivity index (χ1n) is 10.7. The number of hydrogen-bond acceptors (Lipinski definition) is 4. The van der Waals surface area contributed by atoms with Crippen LogP contribution in [0.4, 0.5) is 0 Å². The standard InChI is InChI=1S/C22H36N4O2.HI/c1-4-26(20-7-8-20)11-10-24-22(23-3)25-14-19-6-5-17(2)13-21(19)28-16-18-9-12-27-15-18;/h5-6,13,18,20H,4,7-12,14-16H2,1-3H3,(H2,23,24,25);1H. The molecule has 1 aromatic carbocycles. The Morgan fingerprint density at radius 2 is 2.10 bits per heavy atom. The van der Waals surface area contributed by atoms with E-state index in [2.05, 4.69) is 52.6 Å². The Morgan fingerprint density at radius 3 is 2.76 bits per heavy atom. The number of halogens is 1. The van der Waals surface area contributed by atoms with Crippen LogP contribution in [0.5, 0.6) is 5.75 Å². The lowest BCUT2D eigenvalue weighted by Crippen LogP contribution is -2.41. The maximum absolute atomic E-state index is 6.14. The Hall–Kier alpha value is -1.06. The molecule has 0 radical (unpaired) electrons. The fraction of sp³-hybridized carbons (Fsp3) is 0.682. The molecule has 0 bridgehead atoms. The van der Waals surface area contributed by atoms with Gasteiger partial charge in [-0.15, -0.1) is 24.0 Å². The van der Waals surface area contributed by atoms with Crippen molar-refractivity contribution in [3.05, 3.63) is 29.3 Å². The minimum absolute atomic E-state index is 0. The molecule has 1 heterocycles. The Kier molecular flexibility index (Phi) is 10.5. The Labute approximate surface area is 192 Å². The highest BCUT2D eigenvalue weighted by atomic mass is 127. The SMILES string of the molecule is CCN(CCNC(=NC)NCc1ccc(C)cc1OCC1CCOC1)C1CC1.I. The minimum atomic E-state index is 0. The van der Waals surface area contributed by atoms with Crippen molar-refractivity contribution in [3.8, 4) is 5.75 Å². The summed E-state index contributed by atoms with van der Waals surface area (Å²) in [5.74, 6) is 2.30. The number of nitrogens with zero attached hydrogens (tertiary/aromatic N) is 2. The maximum Gasteiger partial charge on any atom is 0.191 e. The smallest absolute Gasteiger partial charge is 0.191 e. The average Bonchev–Trinajstić information content (AvgIpc) is 3.41. The zero-order valence-electron chi connectivity index (χ0n) is 18.1. The topological polar surface area (TPSA) is 58.1 Å². The first kappa shape index (κ1) is 24.2. The van der Waals surface area contributed by atoms with Crippen LogP contribution in [0.1, 0.15) is 37.3 Å². The molecule has 0 aromatic heterocycles. The zero-order valence-corrected chi connectivity index (χ0v) is 20.4. The molecule has 0 spiro atoms. The second kappa shape index (κ2) is 12.6. The normalized spacial score (nSPS) is 19.2. The summed E-state index contributed by atoms with van der Waals surface area (Å²) in [6.07, 6.45) is 3.79. The molecule has 1 saturated carbocycles. The van der Waals surface area contributed by atoms with Crippen molar-refractivity contribution in [3.63, 3.8) is 0 Å². The highest BCUT2D eigenvalue weighted by molar-refractivity contribution is 14.0. The number of benzene rings is 1. The van der Waals surface area contributed by atoms with Crippen molar-refractivity contribution in [1.82, 2.24) is 15.5 Å². The number of rotatable bonds is 10. The Balaban J connectivity index is 0.00000300. The third-order valence-corrected chi connectivity index (χ3v) is 5.55. The van der Waals surface area contributed by atoms with Crippen LogP contribution in [-0.2, 0) is 11.3 Å². The first-order valence-corrected chi connectivity index (χ1v) is 10.7. The Morgan fingerprint density at radius 1 is 1.28 bits per heavy atom. The summed E-state index contributed by atoms with van der Waals surface area (Å²) in [5, 5.41) is 6.86. The molecule has 1 aromatic rings. The molecule has 1 aliphatic carbocycles. The lowest BCUT2D eigenvalue weighted by Gasteiger charge is -2.21. The van der Waals surface area contributed by atoms with Crippen molar-refractivity contribution in [2.45, 2.75) is 45.7 Å². The van der Waals surface area contributed by atoms with E-state index in [1.165, 1.54) is 18.4 Å². The third kappa shape index (κ3) is 7.94. The van der Waals surface area contributed by atoms with Crippen molar-refractivity contribution >= 4 is 29.9 Å². The van der Waals surface area contributed by atoms with E-state index in [1.807, 2.05) is 7.05 Å². The summed E-state index contributed by atoms with van der Waals surface area (Å²) in [6.45, 7) is 10.5. The first-order chi connectivity index (χ1) is 13.7. The molecule has 1 aliphatic heterocycles. The number of hydrogen-bond donors (Lipinski definition) is 2. The second-order valence-corrected chi connectivity index (χ2v) is 7.86. The molecule has 3 rings (SSSR count). The molecule has 0 amide bonds. The van der Waals surface area contributed by atoms with Crippen LogP contribution in [0.25, 0.3) is 0 Å². The van der Waals surface area contributed by atoms with Crippen LogP contribution in [0.2, 0.25) is 0 Å². The average molecular weight is 516 g/mol. The summed E-state index contributed by atoms with van der Waals surface area (Å²) in [5.41, 5.74) is 2.37. The summed E-state index contributed by atoms with van der Waals surface area (Å²) in [6, 6.07) is 7.20. The highest BCUT2D eigenvalue weighted by Gasteiger charge is 2.27. The lowest BCUT2D eigenvalue weighted by molar-refractivity contribution is 0.166. The molecule has 2 fully saturated rings. The van der Waals surface area contributed by atoms with Gasteiger partial charge in [0.2, 0.25) is 0 Å². The Bertz CT molecular complexity index is 646. The molecule has 6 nitrogen and oxygen atoms in total.